The summed E-state index contributed by atoms with van der Waals surface area (Å²) in [6, 6.07) is 0. The summed E-state index contributed by atoms with van der Waals surface area (Å²) in [7, 11) is 1.69. The predicted molar refractivity (Wildman–Crippen MR) is 120 cm³/mol. The lowest BCUT2D eigenvalue weighted by Crippen LogP contribution is -2.39. The first-order chi connectivity index (χ1) is 14.4. The molecular formula is C23H38N4O3. The molecule has 0 atom stereocenters. The van der Waals surface area contributed by atoms with Crippen molar-refractivity contribution < 1.29 is 5.11 Å². The van der Waals surface area contributed by atoms with Crippen LogP contribution in [0.1, 0.15) is 84.5 Å². The lowest BCUT2D eigenvalue weighted by Gasteiger charge is -2.25. The Bertz CT molecular complexity index is 946. The van der Waals surface area contributed by atoms with Gasteiger partial charge in [-0.2, -0.15) is 0 Å². The van der Waals surface area contributed by atoms with Crippen molar-refractivity contribution in [2.75, 3.05) is 0 Å². The van der Waals surface area contributed by atoms with E-state index in [1.54, 1.807) is 13.4 Å². The number of aliphatic hydroxyl groups is 1. The van der Waals surface area contributed by atoms with E-state index in [9.17, 15) is 14.7 Å². The number of imidazole rings is 1. The van der Waals surface area contributed by atoms with Crippen molar-refractivity contribution >= 4 is 11.2 Å². The van der Waals surface area contributed by atoms with Crippen molar-refractivity contribution in [3.63, 3.8) is 0 Å². The van der Waals surface area contributed by atoms with Gasteiger partial charge in [0.25, 0.3) is 5.56 Å². The summed E-state index contributed by atoms with van der Waals surface area (Å²) >= 11 is 0. The van der Waals surface area contributed by atoms with Crippen molar-refractivity contribution in [2.45, 2.75) is 103 Å². The van der Waals surface area contributed by atoms with Gasteiger partial charge in [0.05, 0.1) is 11.9 Å². The van der Waals surface area contributed by atoms with Gasteiger partial charge >= 0.3 is 5.69 Å². The van der Waals surface area contributed by atoms with E-state index < -0.39 is 5.60 Å². The molecule has 0 saturated heterocycles. The summed E-state index contributed by atoms with van der Waals surface area (Å²) in [6.45, 7) is 5.13. The highest BCUT2D eigenvalue weighted by Crippen LogP contribution is 2.27. The lowest BCUT2D eigenvalue weighted by atomic mass is 9.87. The molecule has 168 valence electrons. The van der Waals surface area contributed by atoms with Gasteiger partial charge in [-0.15, -0.1) is 0 Å². The van der Waals surface area contributed by atoms with Gasteiger partial charge < -0.3 is 9.67 Å². The maximum Gasteiger partial charge on any atom is 0.332 e. The first-order valence-corrected chi connectivity index (χ1v) is 11.8. The van der Waals surface area contributed by atoms with E-state index >= 15 is 0 Å². The summed E-state index contributed by atoms with van der Waals surface area (Å²) in [5.41, 5.74) is -0.193. The summed E-state index contributed by atoms with van der Waals surface area (Å²) in [6.07, 6.45) is 12.9. The Morgan fingerprint density at radius 3 is 2.47 bits per heavy atom. The van der Waals surface area contributed by atoms with Crippen LogP contribution in [0.4, 0.5) is 0 Å². The molecule has 1 N–H and O–H groups in total. The number of hydrogen-bond acceptors (Lipinski definition) is 4. The van der Waals surface area contributed by atoms with E-state index in [-0.39, 0.29) is 11.2 Å². The molecule has 1 aliphatic rings. The van der Waals surface area contributed by atoms with Gasteiger partial charge in [-0.25, -0.2) is 9.78 Å². The molecule has 0 unspecified atom stereocenters. The molecule has 2 aromatic rings. The van der Waals surface area contributed by atoms with Crippen molar-refractivity contribution in [3.8, 4) is 0 Å². The van der Waals surface area contributed by atoms with Crippen molar-refractivity contribution in [1.29, 1.82) is 0 Å². The summed E-state index contributed by atoms with van der Waals surface area (Å²) in [5.74, 6) is 0.724. The monoisotopic (exact) mass is 418 g/mol. The fourth-order valence-electron chi connectivity index (χ4n) is 4.81. The average Bonchev–Trinajstić information content (AvgIpc) is 3.20. The lowest BCUT2D eigenvalue weighted by molar-refractivity contribution is 0.0210. The number of hydrogen-bond donors (Lipinski definition) is 1. The third-order valence-corrected chi connectivity index (χ3v) is 7.19. The Labute approximate surface area is 178 Å². The van der Waals surface area contributed by atoms with Crippen LogP contribution in [0.25, 0.3) is 11.2 Å². The molecule has 0 spiro atoms. The van der Waals surface area contributed by atoms with Crippen LogP contribution < -0.4 is 11.2 Å². The molecule has 1 aliphatic carbocycles. The predicted octanol–water partition coefficient (Wildman–Crippen LogP) is 3.59. The smallest absolute Gasteiger partial charge is 0.332 e. The maximum absolute atomic E-state index is 13.2. The van der Waals surface area contributed by atoms with E-state index in [0.29, 0.717) is 30.6 Å². The van der Waals surface area contributed by atoms with Crippen LogP contribution >= 0.6 is 0 Å². The highest BCUT2D eigenvalue weighted by atomic mass is 16.3. The first kappa shape index (κ1) is 22.8. The van der Waals surface area contributed by atoms with Gasteiger partial charge in [0.2, 0.25) is 0 Å². The third-order valence-electron chi connectivity index (χ3n) is 7.19. The van der Waals surface area contributed by atoms with Crippen LogP contribution in [0.3, 0.4) is 0 Å². The van der Waals surface area contributed by atoms with Crippen LogP contribution in [0, 0.1) is 5.92 Å². The topological polar surface area (TPSA) is 82.1 Å². The van der Waals surface area contributed by atoms with Crippen molar-refractivity contribution in [2.24, 2.45) is 13.0 Å². The van der Waals surface area contributed by atoms with E-state index in [1.807, 2.05) is 18.4 Å². The van der Waals surface area contributed by atoms with Crippen molar-refractivity contribution in [3.05, 3.63) is 27.2 Å². The average molecular weight is 419 g/mol. The van der Waals surface area contributed by atoms with Gasteiger partial charge in [-0.05, 0) is 44.4 Å². The molecule has 2 heterocycles. The summed E-state index contributed by atoms with van der Waals surface area (Å²) < 4.78 is 4.77. The molecular weight excluding hydrogens is 380 g/mol. The van der Waals surface area contributed by atoms with Crippen LogP contribution in [-0.4, -0.2) is 29.4 Å². The first-order valence-electron chi connectivity index (χ1n) is 11.8. The molecule has 30 heavy (non-hydrogen) atoms. The Morgan fingerprint density at radius 1 is 1.10 bits per heavy atom. The number of nitrogens with zero attached hydrogens (tertiary/aromatic N) is 4. The third kappa shape index (κ3) is 4.88. The molecule has 0 bridgehead atoms. The minimum atomic E-state index is -0.641. The fourth-order valence-corrected chi connectivity index (χ4v) is 4.81. The molecule has 2 aromatic heterocycles. The highest BCUT2D eigenvalue weighted by molar-refractivity contribution is 5.69. The molecule has 3 rings (SSSR count). The maximum atomic E-state index is 13.2. The van der Waals surface area contributed by atoms with Crippen molar-refractivity contribution in [1.82, 2.24) is 18.7 Å². The second-order valence-electron chi connectivity index (χ2n) is 9.09. The van der Waals surface area contributed by atoms with Gasteiger partial charge in [0, 0.05) is 20.1 Å². The summed E-state index contributed by atoms with van der Waals surface area (Å²) in [4.78, 5) is 30.3. The zero-order valence-corrected chi connectivity index (χ0v) is 18.9. The van der Waals surface area contributed by atoms with Crippen LogP contribution in [0.15, 0.2) is 15.9 Å². The molecule has 7 heteroatoms. The van der Waals surface area contributed by atoms with Gasteiger partial charge in [-0.3, -0.25) is 13.9 Å². The number of rotatable bonds is 10. The van der Waals surface area contributed by atoms with E-state index in [0.717, 1.165) is 38.1 Å². The molecule has 0 amide bonds. The minimum Gasteiger partial charge on any atom is -0.390 e. The quantitative estimate of drug-likeness (QED) is 0.598. The van der Waals surface area contributed by atoms with E-state index in [2.05, 4.69) is 4.98 Å². The Kier molecular flexibility index (Phi) is 7.55. The second-order valence-corrected chi connectivity index (χ2v) is 9.09. The van der Waals surface area contributed by atoms with Gasteiger partial charge in [0.15, 0.2) is 11.2 Å². The van der Waals surface area contributed by atoms with Crippen LogP contribution in [0.2, 0.25) is 0 Å². The Morgan fingerprint density at radius 2 is 1.80 bits per heavy atom. The highest BCUT2D eigenvalue weighted by Gasteiger charge is 2.22. The van der Waals surface area contributed by atoms with Gasteiger partial charge in [-0.1, -0.05) is 46.0 Å². The molecule has 1 fully saturated rings. The normalized spacial score (nSPS) is 15.9. The SMILES string of the molecule is CCC(O)(CC)CCCCn1c(=O)c2c(ncn2CCC2CCCCC2)n(C)c1=O. The Balaban J connectivity index is 1.76. The second kappa shape index (κ2) is 9.94. The number of aromatic nitrogens is 4. The molecule has 0 aliphatic heterocycles. The number of unbranched alkanes of at least 4 members (excludes halogenated alkanes) is 1. The number of aryl methyl sites for hydroxylation is 2. The zero-order chi connectivity index (χ0) is 21.7. The molecule has 7 nitrogen and oxygen atoms in total. The minimum absolute atomic E-state index is 0.240. The molecule has 0 aromatic carbocycles. The number of fused-ring (bicyclic) bond motifs is 1. The molecule has 1 saturated carbocycles. The van der Waals surface area contributed by atoms with Gasteiger partial charge in [0.1, 0.15) is 0 Å². The Hall–Kier alpha value is -1.89. The van der Waals surface area contributed by atoms with Crippen LogP contribution in [0.5, 0.6) is 0 Å². The van der Waals surface area contributed by atoms with Crippen LogP contribution in [-0.2, 0) is 20.1 Å². The largest absolute Gasteiger partial charge is 0.390 e. The standard InChI is InChI=1S/C23H38N4O3/c1-4-23(30,5-2)14-9-10-15-27-21(28)19-20(25(3)22(27)29)24-17-26(19)16-13-18-11-7-6-8-12-18/h17-18,30H,4-16H2,1-3H3. The van der Waals surface area contributed by atoms with E-state index in [4.69, 9.17) is 0 Å². The van der Waals surface area contributed by atoms with E-state index in [1.165, 1.54) is 41.2 Å². The molecule has 0 radical (unpaired) electrons. The zero-order valence-electron chi connectivity index (χ0n) is 18.9. The summed E-state index contributed by atoms with van der Waals surface area (Å²) in [5, 5.41) is 10.4. The fraction of sp³-hybridized carbons (Fsp3) is 0.783.